The van der Waals surface area contributed by atoms with Crippen molar-refractivity contribution in [2.45, 2.75) is 0 Å². The van der Waals surface area contributed by atoms with Crippen molar-refractivity contribution in [3.8, 4) is 0 Å². The van der Waals surface area contributed by atoms with Crippen LogP contribution in [0.3, 0.4) is 0 Å². The molecule has 0 heterocycles. The van der Waals surface area contributed by atoms with Crippen molar-refractivity contribution in [2.24, 2.45) is 0 Å². The molecule has 10 heteroatoms. The zero-order chi connectivity index (χ0) is 4.50. The van der Waals surface area contributed by atoms with Crippen LogP contribution in [0.4, 0.5) is 0 Å². The topological polar surface area (TPSA) is 77.8 Å². The van der Waals surface area contributed by atoms with Crippen LogP contribution in [-0.4, -0.2) is 14.7 Å². The van der Waals surface area contributed by atoms with Gasteiger partial charge in [-0.15, -0.1) is 0 Å². The predicted octanol–water partition coefficient (Wildman–Crippen LogP) is -15.2. The Morgan fingerprint density at radius 2 is 0.900 bits per heavy atom. The van der Waals surface area contributed by atoms with Gasteiger partial charge < -0.3 is 21.8 Å². The molecule has 0 aliphatic rings. The minimum Gasteiger partial charge on any atom is -1.00 e. The van der Waals surface area contributed by atoms with Crippen molar-refractivity contribution >= 4 is 7.82 Å². The van der Waals surface area contributed by atoms with Crippen molar-refractivity contribution in [1.29, 1.82) is 0 Å². The third kappa shape index (κ3) is 73.6. The second-order valence-electron chi connectivity index (χ2n) is 0.513. The fourth-order valence-electron chi connectivity index (χ4n) is 0. The van der Waals surface area contributed by atoms with Gasteiger partial charge in [0.25, 0.3) is 0 Å². The van der Waals surface area contributed by atoms with Crippen LogP contribution in [0.25, 0.3) is 0 Å². The average molecular weight is 219 g/mol. The Balaban J connectivity index is -0.00000000145. The van der Waals surface area contributed by atoms with E-state index in [9.17, 15) is 0 Å². The summed E-state index contributed by atoms with van der Waals surface area (Å²) in [7, 11) is -4.64. The molecule has 0 amide bonds. The zero-order valence-corrected chi connectivity index (χ0v) is 18.1. The van der Waals surface area contributed by atoms with Crippen molar-refractivity contribution in [3.63, 3.8) is 0 Å². The van der Waals surface area contributed by atoms with Crippen LogP contribution in [0.15, 0.2) is 0 Å². The van der Waals surface area contributed by atoms with Crippen molar-refractivity contribution < 1.29 is 176 Å². The van der Waals surface area contributed by atoms with E-state index in [4.69, 9.17) is 19.2 Å². The molecule has 4 nitrogen and oxygen atoms in total. The molecule has 0 aliphatic carbocycles. The Kier molecular flexibility index (Phi) is 71.2. The Morgan fingerprint density at radius 3 is 0.900 bits per heavy atom. The third-order valence-corrected chi connectivity index (χ3v) is 0. The first-order chi connectivity index (χ1) is 2.00. The first kappa shape index (κ1) is 36.2. The van der Waals surface area contributed by atoms with Gasteiger partial charge in [0, 0.05) is 0 Å². The van der Waals surface area contributed by atoms with Crippen LogP contribution in [-0.2, 0) is 4.57 Å². The molecule has 3 N–H and O–H groups in total. The summed E-state index contributed by atoms with van der Waals surface area (Å²) in [4.78, 5) is 21.6. The Morgan fingerprint density at radius 1 is 0.900 bits per heavy atom. The van der Waals surface area contributed by atoms with E-state index in [2.05, 4.69) is 0 Å². The van der Waals surface area contributed by atoms with E-state index in [0.717, 1.165) is 0 Å². The smallest absolute Gasteiger partial charge is 1.00 e. The van der Waals surface area contributed by atoms with E-state index >= 15 is 0 Å². The van der Waals surface area contributed by atoms with Crippen LogP contribution in [0.2, 0.25) is 0 Å². The van der Waals surface area contributed by atoms with Crippen LogP contribution in [0.5, 0.6) is 0 Å². The van der Waals surface area contributed by atoms with Crippen LogP contribution in [0.1, 0.15) is 8.56 Å². The zero-order valence-electron chi connectivity index (χ0n) is 13.2. The molecule has 0 aromatic rings. The fraction of sp³-hybridized carbons (Fsp3) is 0. The van der Waals surface area contributed by atoms with Gasteiger partial charge in [-0.05, 0) is 0 Å². The van der Waals surface area contributed by atoms with Crippen molar-refractivity contribution in [2.75, 3.05) is 0 Å². The molecule has 0 aromatic carbocycles. The average Bonchev–Trinajstić information content (AvgIpc) is 0.722. The molecule has 0 bridgehead atoms. The van der Waals surface area contributed by atoms with E-state index in [1.54, 1.807) is 0 Å². The summed E-state index contributed by atoms with van der Waals surface area (Å²) in [5, 5.41) is 0. The number of phosphoric acid groups is 1. The predicted molar refractivity (Wildman–Crippen MR) is 20.9 cm³/mol. The molecule has 0 saturated heterocycles. The van der Waals surface area contributed by atoms with Gasteiger partial charge in [0.05, 0.1) is 0 Å². The molecule has 42 valence electrons. The molecule has 0 rings (SSSR count). The summed E-state index contributed by atoms with van der Waals surface area (Å²) >= 11 is 0. The maximum atomic E-state index is 8.88. The number of hydrogen-bond acceptors (Lipinski definition) is 1. The fourth-order valence-corrected chi connectivity index (χ4v) is 0. The second kappa shape index (κ2) is 19.6. The largest absolute Gasteiger partial charge is 1.00 e. The number of rotatable bonds is 0. The molecule has 0 atom stereocenters. The molecule has 0 saturated carbocycles. The normalized spacial score (nSPS) is 5.90. The molecule has 0 radical (unpaired) electrons. The molecular weight excluding hydrogens is 210 g/mol. The first-order valence-electron chi connectivity index (χ1n) is 0.783. The Hall–Kier alpha value is 5.11. The van der Waals surface area contributed by atoms with Gasteiger partial charge in [-0.25, -0.2) is 4.57 Å². The van der Waals surface area contributed by atoms with Crippen molar-refractivity contribution in [1.82, 2.24) is 0 Å². The van der Waals surface area contributed by atoms with E-state index in [0.29, 0.717) is 0 Å². The summed E-state index contributed by atoms with van der Waals surface area (Å²) in [5.74, 6) is 0. The van der Waals surface area contributed by atoms with Crippen LogP contribution < -0.4 is 148 Å². The summed E-state index contributed by atoms with van der Waals surface area (Å²) in [5.41, 5.74) is 0. The summed E-state index contributed by atoms with van der Waals surface area (Å²) < 4.78 is 8.88. The summed E-state index contributed by atoms with van der Waals surface area (Å²) in [6.07, 6.45) is 0. The van der Waals surface area contributed by atoms with Crippen LogP contribution >= 0.6 is 7.82 Å². The second-order valence-corrected chi connectivity index (χ2v) is 1.54. The molecule has 0 aliphatic heterocycles. The Labute approximate surface area is 179 Å². The minimum atomic E-state index is -4.64. The van der Waals surface area contributed by atoms with E-state index in [-0.39, 0.29) is 156 Å². The maximum Gasteiger partial charge on any atom is 1.00 e. The van der Waals surface area contributed by atoms with Crippen molar-refractivity contribution in [3.05, 3.63) is 0 Å². The SMILES string of the molecule is O=P(O)(O)O.[H+].[H-].[H-].[H-].[H-].[H-].[Na+].[Na+].[Na+].[Na+].[Na+]. The van der Waals surface area contributed by atoms with Crippen LogP contribution in [0, 0.1) is 0 Å². The standard InChI is InChI=1S/5Na.H3O4P.5H/c;;;;;1-5(2,3)4;;;;;/h;;;;;(H3,1,2,3,4);;;;;/q5*+1;;5*-1/p+1. The van der Waals surface area contributed by atoms with Gasteiger partial charge >= 0.3 is 157 Å². The van der Waals surface area contributed by atoms with E-state index in [1.165, 1.54) is 0 Å². The Bertz CT molecular complexity index is 75.1. The quantitative estimate of drug-likeness (QED) is 0.279. The van der Waals surface area contributed by atoms with E-state index < -0.39 is 7.82 Å². The van der Waals surface area contributed by atoms with Gasteiger partial charge in [-0.1, -0.05) is 0 Å². The minimum absolute atomic E-state index is 0. The van der Waals surface area contributed by atoms with E-state index in [1.807, 2.05) is 0 Å². The third-order valence-electron chi connectivity index (χ3n) is 0. The van der Waals surface area contributed by atoms with Gasteiger partial charge in [-0.2, -0.15) is 0 Å². The molecule has 0 aromatic heterocycles. The maximum absolute atomic E-state index is 8.88. The van der Waals surface area contributed by atoms with Gasteiger partial charge in [-0.3, -0.25) is 0 Å². The molecule has 10 heavy (non-hydrogen) atoms. The molecular formula is H9Na5O4P+. The van der Waals surface area contributed by atoms with Gasteiger partial charge in [0.2, 0.25) is 0 Å². The number of hydrogen-bond donors (Lipinski definition) is 3. The molecule has 0 unspecified atom stereocenters. The molecule has 0 fully saturated rings. The molecule has 0 spiro atoms. The van der Waals surface area contributed by atoms with Gasteiger partial charge in [0.1, 0.15) is 0 Å². The first-order valence-corrected chi connectivity index (χ1v) is 2.35. The van der Waals surface area contributed by atoms with Gasteiger partial charge in [0.15, 0.2) is 0 Å². The summed E-state index contributed by atoms with van der Waals surface area (Å²) in [6, 6.07) is 0. The summed E-state index contributed by atoms with van der Waals surface area (Å²) in [6.45, 7) is 0. The monoisotopic (exact) mass is 219 g/mol.